The maximum absolute atomic E-state index is 14.9. The molecule has 0 bridgehead atoms. The van der Waals surface area contributed by atoms with Crippen LogP contribution in [-0.2, 0) is 24.4 Å². The first-order valence-electron chi connectivity index (χ1n) is 14.7. The molecule has 2 amide bonds. The first-order chi connectivity index (χ1) is 22.0. The molecule has 3 aromatic carbocycles. The number of carbonyl (C=O) groups is 2. The van der Waals surface area contributed by atoms with Gasteiger partial charge in [0.1, 0.15) is 16.5 Å². The average molecular weight is 645 g/mol. The molecule has 2 heterocycles. The molecule has 0 saturated heterocycles. The van der Waals surface area contributed by atoms with Crippen LogP contribution in [0.4, 0.5) is 19.3 Å². The van der Waals surface area contributed by atoms with Crippen molar-refractivity contribution in [3.8, 4) is 16.2 Å². The first-order valence-corrected chi connectivity index (χ1v) is 15.5. The number of hydrogen-bond acceptors (Lipinski definition) is 6. The highest BCUT2D eigenvalue weighted by Crippen LogP contribution is 2.40. The molecule has 2 aromatic heterocycles. The van der Waals surface area contributed by atoms with Gasteiger partial charge < -0.3 is 19.5 Å². The predicted molar refractivity (Wildman–Crippen MR) is 177 cm³/mol. The molecule has 0 aliphatic carbocycles. The van der Waals surface area contributed by atoms with E-state index in [1.807, 2.05) is 49.5 Å². The van der Waals surface area contributed by atoms with Crippen LogP contribution in [0.1, 0.15) is 30.0 Å². The summed E-state index contributed by atoms with van der Waals surface area (Å²) in [7, 11) is 4.92. The van der Waals surface area contributed by atoms with E-state index in [1.54, 1.807) is 23.6 Å². The van der Waals surface area contributed by atoms with Crippen LogP contribution in [0.2, 0.25) is 0 Å². The lowest BCUT2D eigenvalue weighted by atomic mass is 10.0. The minimum absolute atomic E-state index is 0.116. The summed E-state index contributed by atoms with van der Waals surface area (Å²) in [5.41, 5.74) is 2.48. The number of thiophene rings is 1. The van der Waals surface area contributed by atoms with Gasteiger partial charge in [0.25, 0.3) is 0 Å². The fourth-order valence-corrected chi connectivity index (χ4v) is 6.35. The van der Waals surface area contributed by atoms with E-state index >= 15 is 0 Å². The summed E-state index contributed by atoms with van der Waals surface area (Å²) in [6, 6.07) is 20.8. The number of aromatic nitrogens is 1. The molecule has 0 aliphatic rings. The lowest BCUT2D eigenvalue weighted by Crippen LogP contribution is -2.28. The number of carbonyl (C=O) groups excluding carboxylic acids is 2. The van der Waals surface area contributed by atoms with E-state index in [-0.39, 0.29) is 23.8 Å². The first kappa shape index (κ1) is 32.5. The van der Waals surface area contributed by atoms with Crippen LogP contribution in [0.25, 0.3) is 20.7 Å². The van der Waals surface area contributed by atoms with Gasteiger partial charge in [-0.15, -0.1) is 11.3 Å². The van der Waals surface area contributed by atoms with Gasteiger partial charge in [0.2, 0.25) is 11.3 Å². The number of anilines is 1. The third kappa shape index (κ3) is 7.16. The smallest absolute Gasteiger partial charge is 0.404 e. The van der Waals surface area contributed by atoms with Crippen molar-refractivity contribution >= 4 is 39.2 Å². The molecule has 238 valence electrons. The quantitative estimate of drug-likeness (QED) is 0.175. The summed E-state index contributed by atoms with van der Waals surface area (Å²) in [6.45, 7) is 2.45. The fraction of sp³-hybridized carbons (Fsp3) is 0.229. The Morgan fingerprint density at radius 2 is 1.57 bits per heavy atom. The lowest BCUT2D eigenvalue weighted by molar-refractivity contribution is -0.115. The molecule has 0 aliphatic heterocycles. The largest absolute Gasteiger partial charge is 0.414 e. The van der Waals surface area contributed by atoms with Crippen LogP contribution in [0.15, 0.2) is 83.8 Å². The Hall–Kier alpha value is -4.87. The van der Waals surface area contributed by atoms with E-state index in [4.69, 9.17) is 4.74 Å². The second kappa shape index (κ2) is 14.1. The van der Waals surface area contributed by atoms with Gasteiger partial charge in [-0.3, -0.25) is 14.5 Å². The zero-order valence-corrected chi connectivity index (χ0v) is 26.8. The second-order valence-corrected chi connectivity index (χ2v) is 12.1. The van der Waals surface area contributed by atoms with E-state index in [2.05, 4.69) is 10.2 Å². The Morgan fingerprint density at radius 3 is 2.20 bits per heavy atom. The molecule has 0 spiro atoms. The van der Waals surface area contributed by atoms with Crippen molar-refractivity contribution in [2.45, 2.75) is 33.0 Å². The number of benzene rings is 3. The molecule has 46 heavy (non-hydrogen) atoms. The average Bonchev–Trinajstić information content (AvgIpc) is 3.41. The minimum Gasteiger partial charge on any atom is -0.404 e. The number of fused-ring (bicyclic) bond motifs is 1. The van der Waals surface area contributed by atoms with Crippen molar-refractivity contribution in [3.05, 3.63) is 118 Å². The van der Waals surface area contributed by atoms with E-state index in [0.29, 0.717) is 41.0 Å². The number of nitrogens with zero attached hydrogens (tertiary/aromatic N) is 3. The number of pyridine rings is 1. The third-order valence-corrected chi connectivity index (χ3v) is 8.72. The van der Waals surface area contributed by atoms with Crippen LogP contribution >= 0.6 is 11.3 Å². The summed E-state index contributed by atoms with van der Waals surface area (Å²) in [5, 5.41) is 3.14. The van der Waals surface area contributed by atoms with E-state index in [9.17, 15) is 23.2 Å². The van der Waals surface area contributed by atoms with Gasteiger partial charge in [-0.1, -0.05) is 55.5 Å². The Kier molecular flexibility index (Phi) is 9.93. The molecule has 8 nitrogen and oxygen atoms in total. The van der Waals surface area contributed by atoms with Crippen molar-refractivity contribution in [1.29, 1.82) is 0 Å². The summed E-state index contributed by atoms with van der Waals surface area (Å²) >= 11 is 1.31. The highest BCUT2D eigenvalue weighted by atomic mass is 32.1. The molecule has 0 saturated carbocycles. The maximum Gasteiger partial charge on any atom is 0.414 e. The zero-order valence-electron chi connectivity index (χ0n) is 26.0. The Bertz CT molecular complexity index is 1920. The van der Waals surface area contributed by atoms with E-state index < -0.39 is 23.2 Å². The number of halogens is 2. The molecule has 0 unspecified atom stereocenters. The van der Waals surface area contributed by atoms with Crippen molar-refractivity contribution in [2.24, 2.45) is 0 Å². The Balaban J connectivity index is 1.71. The number of amides is 2. The van der Waals surface area contributed by atoms with Crippen molar-refractivity contribution < 1.29 is 23.1 Å². The van der Waals surface area contributed by atoms with Gasteiger partial charge in [-0.25, -0.2) is 13.6 Å². The molecule has 0 atom stereocenters. The zero-order chi connectivity index (χ0) is 33.0. The number of ether oxygens (including phenoxy) is 1. The van der Waals surface area contributed by atoms with Crippen molar-refractivity contribution in [1.82, 2.24) is 14.4 Å². The predicted octanol–water partition coefficient (Wildman–Crippen LogP) is 7.10. The van der Waals surface area contributed by atoms with Crippen LogP contribution in [0.5, 0.6) is 5.75 Å². The molecule has 5 aromatic rings. The van der Waals surface area contributed by atoms with Gasteiger partial charge in [-0.05, 0) is 48.0 Å². The SMILES string of the molecule is CCC(=O)Nc1ccc(-c2sc3c(c2CN(C)Cc2ccccc2)c(=O)c(OC(=O)N(C)C)cn3Cc2c(F)cccc2F)cc1. The van der Waals surface area contributed by atoms with Crippen LogP contribution in [-0.4, -0.2) is 47.5 Å². The van der Waals surface area contributed by atoms with Crippen LogP contribution in [0.3, 0.4) is 0 Å². The molecule has 0 fully saturated rings. The number of rotatable bonds is 10. The third-order valence-electron chi connectivity index (χ3n) is 7.40. The fourth-order valence-electron chi connectivity index (χ4n) is 5.06. The Labute approximate surface area is 269 Å². The highest BCUT2D eigenvalue weighted by Gasteiger charge is 2.25. The second-order valence-electron chi connectivity index (χ2n) is 11.1. The standard InChI is InChI=1S/C35H34F2N4O4S/c1-5-30(42)38-24-16-14-23(15-17-24)33-26(19-40(4)18-22-10-7-6-8-11-22)31-32(43)29(45-35(44)39(2)3)21-41(34(31)46-33)20-25-27(36)12-9-13-28(25)37/h6-17,21H,5,18-20H2,1-4H3,(H,38,42). The molecule has 1 N–H and O–H groups in total. The molecular weight excluding hydrogens is 610 g/mol. The monoisotopic (exact) mass is 644 g/mol. The Morgan fingerprint density at radius 1 is 0.891 bits per heavy atom. The molecule has 5 rings (SSSR count). The highest BCUT2D eigenvalue weighted by molar-refractivity contribution is 7.22. The van der Waals surface area contributed by atoms with Crippen molar-refractivity contribution in [3.63, 3.8) is 0 Å². The maximum atomic E-state index is 14.9. The topological polar surface area (TPSA) is 83.9 Å². The summed E-state index contributed by atoms with van der Waals surface area (Å²) < 4.78 is 36.8. The number of nitrogens with one attached hydrogen (secondary N) is 1. The van der Waals surface area contributed by atoms with Gasteiger partial charge in [0.15, 0.2) is 5.75 Å². The van der Waals surface area contributed by atoms with Gasteiger partial charge in [0.05, 0.1) is 18.1 Å². The molecule has 11 heteroatoms. The van der Waals surface area contributed by atoms with Crippen molar-refractivity contribution in [2.75, 3.05) is 26.5 Å². The minimum atomic E-state index is -0.761. The van der Waals surface area contributed by atoms with Gasteiger partial charge >= 0.3 is 6.09 Å². The normalized spacial score (nSPS) is 11.2. The summed E-state index contributed by atoms with van der Waals surface area (Å²) in [5.74, 6) is -1.84. The van der Waals surface area contributed by atoms with Gasteiger partial charge in [0, 0.05) is 49.7 Å². The van der Waals surface area contributed by atoms with Crippen LogP contribution in [0, 0.1) is 11.6 Å². The van der Waals surface area contributed by atoms with Crippen LogP contribution < -0.4 is 15.5 Å². The summed E-state index contributed by atoms with van der Waals surface area (Å²) in [4.78, 5) is 43.2. The van der Waals surface area contributed by atoms with Gasteiger partial charge in [-0.2, -0.15) is 0 Å². The lowest BCUT2D eigenvalue weighted by Gasteiger charge is -2.18. The van der Waals surface area contributed by atoms with E-state index in [1.165, 1.54) is 54.7 Å². The van der Waals surface area contributed by atoms with E-state index in [0.717, 1.165) is 16.0 Å². The number of hydrogen-bond donors (Lipinski definition) is 1. The molecular formula is C35H34F2N4O4S. The molecule has 0 radical (unpaired) electrons. The summed E-state index contributed by atoms with van der Waals surface area (Å²) in [6.07, 6.45) is 0.910.